The lowest BCUT2D eigenvalue weighted by molar-refractivity contribution is -0.333. The fraction of sp³-hybridized carbons (Fsp3) is 0.745. The maximum absolute atomic E-state index is 13.6. The van der Waals surface area contributed by atoms with E-state index in [1.165, 1.54) is 6.92 Å². The third-order valence-corrected chi connectivity index (χ3v) is 12.9. The van der Waals surface area contributed by atoms with Gasteiger partial charge in [-0.15, -0.1) is 0 Å². The minimum atomic E-state index is -1.94. The number of hydrogen-bond donors (Lipinski definition) is 19. The van der Waals surface area contributed by atoms with E-state index in [1.807, 2.05) is 0 Å². The minimum Gasteiger partial charge on any atom is -0.480 e. The molecular formula is C47H78N10O25. The van der Waals surface area contributed by atoms with E-state index in [0.29, 0.717) is 0 Å². The molecule has 0 radical (unpaired) electrons. The van der Waals surface area contributed by atoms with Gasteiger partial charge in [0.15, 0.2) is 12.6 Å². The molecule has 0 saturated carbocycles. The topological polar surface area (TPSA) is 572 Å². The molecule has 2 aliphatic heterocycles. The Morgan fingerprint density at radius 1 is 0.500 bits per heavy atom. The van der Waals surface area contributed by atoms with Gasteiger partial charge in [-0.1, -0.05) is 0 Å². The Morgan fingerprint density at radius 3 is 1.50 bits per heavy atom. The summed E-state index contributed by atoms with van der Waals surface area (Å²) in [6, 6.07) is -14.9. The summed E-state index contributed by atoms with van der Waals surface area (Å²) in [5, 5.41) is 109. The lowest BCUT2D eigenvalue weighted by atomic mass is 9.94. The lowest BCUT2D eigenvalue weighted by Gasteiger charge is -2.48. The summed E-state index contributed by atoms with van der Waals surface area (Å²) >= 11 is 0. The number of aliphatic hydroxyl groups is 5. The maximum Gasteiger partial charge on any atom is 0.326 e. The van der Waals surface area contributed by atoms with Gasteiger partial charge in [-0.2, -0.15) is 0 Å². The van der Waals surface area contributed by atoms with Crippen molar-refractivity contribution in [3.63, 3.8) is 0 Å². The molecule has 0 aromatic heterocycles. The van der Waals surface area contributed by atoms with Crippen molar-refractivity contribution in [2.75, 3.05) is 13.2 Å². The SMILES string of the molecule is CC(=O)NC1C(OC2C(CO)OC(O)C(NC(C)=O)C2OC(C)C(=O)NC(C)C(=O)NC(CCC(=O)NC(CCCC(NC(=O)C(C)NC(=O)C(N)CCCC(N)C(=O)O)C(=O)O)C(=O)NC(C)C(=O)O)C(=O)O)OC(CO)C(O)C1O. The first-order chi connectivity index (χ1) is 38.2. The van der Waals surface area contributed by atoms with Crippen molar-refractivity contribution in [1.82, 2.24) is 42.5 Å². The highest BCUT2D eigenvalue weighted by atomic mass is 16.7. The highest BCUT2D eigenvalue weighted by Crippen LogP contribution is 2.31. The van der Waals surface area contributed by atoms with Crippen molar-refractivity contribution in [3.8, 4) is 0 Å². The lowest BCUT2D eigenvalue weighted by Crippen LogP contribution is -2.70. The molecule has 0 aliphatic carbocycles. The predicted molar refractivity (Wildman–Crippen MR) is 272 cm³/mol. The number of rotatable bonds is 34. The van der Waals surface area contributed by atoms with Crippen molar-refractivity contribution < 1.29 is 122 Å². The standard InChI is InChI=1S/C47H78N10O25/c1-17(50-39(67)20(4)79-36-32(54-22(6)61)46(78)80-29(16-59)35(36)82-47-31(53-21(5)60)34(64)33(63)28(15-58)81-47)37(65)57-27(45(76)77)13-14-30(62)55-25(41(69)52-19(3)42(70)71)11-8-12-26(44(74)75)56-38(66)18(2)51-40(68)23(48)9-7-10-24(49)43(72)73/h17-20,23-29,31-36,46-47,58-59,63-64,78H,7-16,48-49H2,1-6H3,(H,50,67)(H,51,68)(H,52,69)(H,53,60)(H,54,61)(H,55,62)(H,56,66)(H,57,65)(H,70,71)(H,72,73)(H,74,75)(H,76,77). The Hall–Kier alpha value is -6.80. The molecule has 2 heterocycles. The van der Waals surface area contributed by atoms with Crippen LogP contribution in [0.4, 0.5) is 0 Å². The van der Waals surface area contributed by atoms with Crippen LogP contribution in [0.15, 0.2) is 0 Å². The van der Waals surface area contributed by atoms with Crippen molar-refractivity contribution in [1.29, 1.82) is 0 Å². The van der Waals surface area contributed by atoms with E-state index in [9.17, 15) is 98.4 Å². The van der Waals surface area contributed by atoms with Crippen LogP contribution in [0, 0.1) is 0 Å². The Kier molecular flexibility index (Phi) is 29.5. The quantitative estimate of drug-likeness (QED) is 0.0284. The summed E-state index contributed by atoms with van der Waals surface area (Å²) in [6.07, 6.45) is -17.5. The Morgan fingerprint density at radius 2 is 0.988 bits per heavy atom. The fourth-order valence-electron chi connectivity index (χ4n) is 8.24. The summed E-state index contributed by atoms with van der Waals surface area (Å²) in [5.41, 5.74) is 11.3. The highest BCUT2D eigenvalue weighted by molar-refractivity contribution is 5.93. The first-order valence-electron chi connectivity index (χ1n) is 25.9. The zero-order chi connectivity index (χ0) is 62.5. The number of carboxylic acid groups (broad SMARTS) is 4. The van der Waals surface area contributed by atoms with E-state index in [4.69, 9.17) is 35.5 Å². The minimum absolute atomic E-state index is 0.0119. The number of ether oxygens (including phenoxy) is 4. The number of hydrogen-bond acceptors (Lipinski definition) is 23. The zero-order valence-corrected chi connectivity index (χ0v) is 45.8. The van der Waals surface area contributed by atoms with E-state index in [1.54, 1.807) is 0 Å². The van der Waals surface area contributed by atoms with E-state index >= 15 is 0 Å². The van der Waals surface area contributed by atoms with Gasteiger partial charge in [0.25, 0.3) is 0 Å². The van der Waals surface area contributed by atoms with Gasteiger partial charge in [0, 0.05) is 20.3 Å². The van der Waals surface area contributed by atoms with Crippen LogP contribution in [-0.2, 0) is 76.5 Å². The van der Waals surface area contributed by atoms with Crippen molar-refractivity contribution in [2.24, 2.45) is 11.5 Å². The van der Waals surface area contributed by atoms with Crippen LogP contribution in [0.1, 0.15) is 92.9 Å². The smallest absolute Gasteiger partial charge is 0.326 e. The zero-order valence-electron chi connectivity index (χ0n) is 45.8. The summed E-state index contributed by atoms with van der Waals surface area (Å²) in [4.78, 5) is 150. The number of carbonyl (C=O) groups excluding carboxylic acids is 8. The summed E-state index contributed by atoms with van der Waals surface area (Å²) in [6.45, 7) is 4.93. The number of aliphatic hydroxyl groups excluding tert-OH is 5. The summed E-state index contributed by atoms with van der Waals surface area (Å²) in [5.74, 6) is -13.4. The molecule has 2 rings (SSSR count). The molecule has 0 aromatic rings. The summed E-state index contributed by atoms with van der Waals surface area (Å²) < 4.78 is 23.1. The molecule has 2 aliphatic rings. The molecule has 19 atom stereocenters. The number of aliphatic carboxylic acids is 4. The van der Waals surface area contributed by atoms with Gasteiger partial charge in [-0.05, 0) is 72.6 Å². The number of nitrogens with one attached hydrogen (secondary N) is 8. The van der Waals surface area contributed by atoms with Gasteiger partial charge in [0.2, 0.25) is 47.3 Å². The van der Waals surface area contributed by atoms with Crippen LogP contribution in [0.3, 0.4) is 0 Å². The van der Waals surface area contributed by atoms with Gasteiger partial charge in [-0.3, -0.25) is 47.9 Å². The first-order valence-corrected chi connectivity index (χ1v) is 25.9. The second-order valence-electron chi connectivity index (χ2n) is 19.7. The third kappa shape index (κ3) is 22.5. The van der Waals surface area contributed by atoms with Crippen molar-refractivity contribution >= 4 is 71.1 Å². The van der Waals surface area contributed by atoms with Crippen LogP contribution in [-0.4, -0.2) is 246 Å². The molecule has 466 valence electrons. The molecule has 35 nitrogen and oxygen atoms in total. The van der Waals surface area contributed by atoms with Crippen LogP contribution in [0.25, 0.3) is 0 Å². The molecule has 0 spiro atoms. The first kappa shape index (κ1) is 71.3. The average Bonchev–Trinajstić information content (AvgIpc) is 2.86. The monoisotopic (exact) mass is 1180 g/mol. The van der Waals surface area contributed by atoms with Gasteiger partial charge in [0.05, 0.1) is 19.3 Å². The normalized spacial score (nSPS) is 25.7. The molecule has 0 bridgehead atoms. The van der Waals surface area contributed by atoms with Crippen LogP contribution in [0.2, 0.25) is 0 Å². The average molecular weight is 1180 g/mol. The number of nitrogens with two attached hydrogens (primary N) is 2. The molecule has 0 aromatic carbocycles. The molecule has 35 heteroatoms. The van der Waals surface area contributed by atoms with E-state index < -0.39 is 213 Å². The van der Waals surface area contributed by atoms with Crippen LogP contribution in [0.5, 0.6) is 0 Å². The Balaban J connectivity index is 2.17. The predicted octanol–water partition coefficient (Wildman–Crippen LogP) is -8.61. The summed E-state index contributed by atoms with van der Waals surface area (Å²) in [7, 11) is 0. The molecule has 2 fully saturated rings. The molecule has 19 unspecified atom stereocenters. The van der Waals surface area contributed by atoms with Crippen molar-refractivity contribution in [2.45, 2.75) is 209 Å². The maximum atomic E-state index is 13.6. The number of amides is 8. The van der Waals surface area contributed by atoms with Crippen LogP contribution >= 0.6 is 0 Å². The van der Waals surface area contributed by atoms with E-state index in [0.717, 1.165) is 34.6 Å². The van der Waals surface area contributed by atoms with Gasteiger partial charge in [0.1, 0.15) is 97.1 Å². The van der Waals surface area contributed by atoms with Gasteiger partial charge in [-0.25, -0.2) is 9.59 Å². The van der Waals surface area contributed by atoms with E-state index in [-0.39, 0.29) is 38.5 Å². The highest BCUT2D eigenvalue weighted by Gasteiger charge is 2.53. The molecule has 2 saturated heterocycles. The molecule has 8 amide bonds. The number of carboxylic acids is 4. The van der Waals surface area contributed by atoms with Gasteiger partial charge >= 0.3 is 23.9 Å². The third-order valence-electron chi connectivity index (χ3n) is 12.9. The molecule has 21 N–H and O–H groups in total. The second kappa shape index (κ2) is 34.0. The van der Waals surface area contributed by atoms with Gasteiger partial charge < -0.3 is 119 Å². The largest absolute Gasteiger partial charge is 0.480 e. The number of carbonyl (C=O) groups is 12. The molecular weight excluding hydrogens is 1100 g/mol. The van der Waals surface area contributed by atoms with Crippen LogP contribution < -0.4 is 54.0 Å². The van der Waals surface area contributed by atoms with Crippen molar-refractivity contribution in [3.05, 3.63) is 0 Å². The second-order valence-corrected chi connectivity index (χ2v) is 19.7. The Bertz CT molecular complexity index is 2250. The van der Waals surface area contributed by atoms with E-state index in [2.05, 4.69) is 42.5 Å². The fourth-order valence-corrected chi connectivity index (χ4v) is 8.24. The molecule has 82 heavy (non-hydrogen) atoms. The Labute approximate surface area is 468 Å².